The molecule has 2 aromatic carbocycles. The van der Waals surface area contributed by atoms with Crippen LogP contribution in [0.4, 0.5) is 11.4 Å². The molecule has 42 heavy (non-hydrogen) atoms. The van der Waals surface area contributed by atoms with E-state index in [1.165, 1.54) is 11.1 Å². The second kappa shape index (κ2) is 12.7. The van der Waals surface area contributed by atoms with Crippen LogP contribution >= 0.6 is 0 Å². The summed E-state index contributed by atoms with van der Waals surface area (Å²) < 4.78 is 6.13. The minimum Gasteiger partial charge on any atom is -0.493 e. The number of aromatic nitrogens is 2. The van der Waals surface area contributed by atoms with Gasteiger partial charge in [0.05, 0.1) is 23.5 Å². The zero-order valence-corrected chi connectivity index (χ0v) is 24.8. The van der Waals surface area contributed by atoms with Crippen LogP contribution in [0.5, 0.6) is 5.75 Å². The number of fused-ring (bicyclic) bond motifs is 2. The maximum Gasteiger partial charge on any atom is 0.242 e. The lowest BCUT2D eigenvalue weighted by atomic mass is 9.90. The predicted octanol–water partition coefficient (Wildman–Crippen LogP) is 5.72. The summed E-state index contributed by atoms with van der Waals surface area (Å²) in [6.07, 6.45) is 8.25. The summed E-state index contributed by atoms with van der Waals surface area (Å²) in [5, 5.41) is 4.92. The fourth-order valence-corrected chi connectivity index (χ4v) is 5.66. The molecule has 0 saturated carbocycles. The van der Waals surface area contributed by atoms with Gasteiger partial charge in [-0.1, -0.05) is 24.3 Å². The molecule has 0 saturated heterocycles. The highest BCUT2D eigenvalue weighted by molar-refractivity contribution is 6.20. The Labute approximate surface area is 247 Å². The van der Waals surface area contributed by atoms with Crippen LogP contribution in [0.1, 0.15) is 50.8 Å². The zero-order valence-electron chi connectivity index (χ0n) is 24.8. The van der Waals surface area contributed by atoms with E-state index in [1.807, 2.05) is 55.7 Å². The van der Waals surface area contributed by atoms with Crippen molar-refractivity contribution < 1.29 is 14.3 Å². The van der Waals surface area contributed by atoms with Crippen LogP contribution in [-0.2, 0) is 16.0 Å². The number of pyridine rings is 2. The van der Waals surface area contributed by atoms with Gasteiger partial charge in [0.1, 0.15) is 11.2 Å². The van der Waals surface area contributed by atoms with E-state index in [0.29, 0.717) is 24.6 Å². The number of carbonyl (C=O) groups is 2. The molecule has 0 radical (unpaired) electrons. The normalized spacial score (nSPS) is 15.4. The number of benzene rings is 2. The molecule has 0 spiro atoms. The minimum atomic E-state index is -1.13. The van der Waals surface area contributed by atoms with Gasteiger partial charge in [-0.2, -0.15) is 0 Å². The second-order valence-corrected chi connectivity index (χ2v) is 11.2. The lowest BCUT2D eigenvalue weighted by Gasteiger charge is -2.27. The fourth-order valence-electron chi connectivity index (χ4n) is 5.66. The summed E-state index contributed by atoms with van der Waals surface area (Å²) in [5.74, 6) is 0.247. The Morgan fingerprint density at radius 1 is 0.976 bits per heavy atom. The van der Waals surface area contributed by atoms with Crippen molar-refractivity contribution in [3.63, 3.8) is 0 Å². The van der Waals surface area contributed by atoms with Gasteiger partial charge >= 0.3 is 0 Å². The first-order valence-corrected chi connectivity index (χ1v) is 14.6. The van der Waals surface area contributed by atoms with Gasteiger partial charge in [0.15, 0.2) is 0 Å². The highest BCUT2D eigenvalue weighted by Crippen LogP contribution is 2.40. The van der Waals surface area contributed by atoms with Gasteiger partial charge in [-0.3, -0.25) is 19.6 Å². The molecule has 1 aliphatic heterocycles. The first kappa shape index (κ1) is 29.2. The number of hydrogen-bond acceptors (Lipinski definition) is 6. The summed E-state index contributed by atoms with van der Waals surface area (Å²) in [7, 11) is 1.72. The Balaban J connectivity index is 1.25. The average Bonchev–Trinajstić information content (AvgIpc) is 3.07. The van der Waals surface area contributed by atoms with Crippen LogP contribution in [0.25, 0.3) is 10.9 Å². The van der Waals surface area contributed by atoms with E-state index in [-0.39, 0.29) is 17.9 Å². The summed E-state index contributed by atoms with van der Waals surface area (Å²) >= 11 is 0. The van der Waals surface area contributed by atoms with E-state index in [2.05, 4.69) is 39.6 Å². The highest BCUT2D eigenvalue weighted by atomic mass is 16.5. The lowest BCUT2D eigenvalue weighted by Crippen LogP contribution is -2.47. The second-order valence-electron chi connectivity index (χ2n) is 11.2. The van der Waals surface area contributed by atoms with E-state index < -0.39 is 5.41 Å². The molecule has 2 aromatic heterocycles. The molecule has 0 bridgehead atoms. The highest BCUT2D eigenvalue weighted by Gasteiger charge is 2.45. The van der Waals surface area contributed by atoms with Crippen LogP contribution in [0, 0.1) is 5.41 Å². The number of carbonyl (C=O) groups excluding carboxylic acids is 2. The number of para-hydroxylation sites is 1. The average molecular weight is 566 g/mol. The van der Waals surface area contributed by atoms with Crippen molar-refractivity contribution in [1.29, 1.82) is 0 Å². The van der Waals surface area contributed by atoms with Crippen LogP contribution in [-0.4, -0.2) is 48.5 Å². The first-order chi connectivity index (χ1) is 20.3. The number of aryl methyl sites for hydroxylation is 1. The van der Waals surface area contributed by atoms with E-state index in [9.17, 15) is 9.59 Å². The molecule has 218 valence electrons. The largest absolute Gasteiger partial charge is 0.493 e. The smallest absolute Gasteiger partial charge is 0.242 e. The third-order valence-corrected chi connectivity index (χ3v) is 8.02. The van der Waals surface area contributed by atoms with Gasteiger partial charge in [-0.25, -0.2) is 0 Å². The Bertz CT molecular complexity index is 1550. The summed E-state index contributed by atoms with van der Waals surface area (Å²) in [6.45, 7) is 7.06. The van der Waals surface area contributed by atoms with Gasteiger partial charge in [-0.15, -0.1) is 0 Å². The topological polar surface area (TPSA) is 87.7 Å². The Kier molecular flexibility index (Phi) is 8.83. The van der Waals surface area contributed by atoms with Crippen molar-refractivity contribution in [2.24, 2.45) is 5.41 Å². The van der Waals surface area contributed by atoms with Crippen LogP contribution in [0.15, 0.2) is 79.3 Å². The van der Waals surface area contributed by atoms with Crippen molar-refractivity contribution in [2.75, 3.05) is 36.5 Å². The van der Waals surface area contributed by atoms with Crippen molar-refractivity contribution in [2.45, 2.75) is 46.1 Å². The number of ether oxygens (including phenoxy) is 1. The Hall–Kier alpha value is -4.30. The molecule has 0 aliphatic carbocycles. The standard InChI is InChI=1S/C34H39N5O3/c1-5-39-30-16-14-25(22-31(30)38(4)32(40)34(2,3)33(39)41)42-21-9-19-36-29(15-13-24-10-8-18-35-23-24)27-17-20-37-28-12-7-6-11-26(27)28/h6-8,10-12,14,16-18,20,22-23,29,36H,5,9,13,15,19,21H2,1-4H3. The third-order valence-electron chi connectivity index (χ3n) is 8.02. The third kappa shape index (κ3) is 5.99. The van der Waals surface area contributed by atoms with Crippen LogP contribution in [0.2, 0.25) is 0 Å². The summed E-state index contributed by atoms with van der Waals surface area (Å²) in [6, 6.07) is 20.2. The molecule has 5 rings (SSSR count). The number of hydrogen-bond donors (Lipinski definition) is 1. The first-order valence-electron chi connectivity index (χ1n) is 14.6. The SMILES string of the molecule is CCN1C(=O)C(C)(C)C(=O)N(C)c2cc(OCCCNC(CCc3cccnc3)c3ccnc4ccccc34)ccc21. The quantitative estimate of drug-likeness (QED) is 0.185. The monoisotopic (exact) mass is 565 g/mol. The lowest BCUT2D eigenvalue weighted by molar-refractivity contribution is -0.137. The molecule has 1 N–H and O–H groups in total. The van der Waals surface area contributed by atoms with Gasteiger partial charge in [0, 0.05) is 49.7 Å². The molecular formula is C34H39N5O3. The molecule has 1 atom stereocenters. The Morgan fingerprint density at radius 3 is 2.60 bits per heavy atom. The maximum absolute atomic E-state index is 13.1. The minimum absolute atomic E-state index is 0.145. The molecule has 0 fully saturated rings. The maximum atomic E-state index is 13.1. The van der Waals surface area contributed by atoms with Crippen molar-refractivity contribution in [3.8, 4) is 5.75 Å². The summed E-state index contributed by atoms with van der Waals surface area (Å²) in [5.41, 5.74) is 3.70. The Morgan fingerprint density at radius 2 is 1.81 bits per heavy atom. The van der Waals surface area contributed by atoms with Crippen molar-refractivity contribution in [1.82, 2.24) is 15.3 Å². The van der Waals surface area contributed by atoms with E-state index in [0.717, 1.165) is 42.4 Å². The molecule has 1 unspecified atom stereocenters. The van der Waals surface area contributed by atoms with E-state index in [4.69, 9.17) is 4.74 Å². The molecule has 3 heterocycles. The van der Waals surface area contributed by atoms with E-state index >= 15 is 0 Å². The summed E-state index contributed by atoms with van der Waals surface area (Å²) in [4.78, 5) is 38.4. The van der Waals surface area contributed by atoms with Crippen molar-refractivity contribution >= 4 is 34.1 Å². The van der Waals surface area contributed by atoms with Gasteiger partial charge in [0.2, 0.25) is 11.8 Å². The number of nitrogens with one attached hydrogen (secondary N) is 1. The molecule has 4 aromatic rings. The van der Waals surface area contributed by atoms with Crippen LogP contribution in [0.3, 0.4) is 0 Å². The number of rotatable bonds is 11. The zero-order chi connectivity index (χ0) is 29.7. The van der Waals surface area contributed by atoms with Gasteiger partial charge in [-0.05, 0) is 88.0 Å². The molecular weight excluding hydrogens is 526 g/mol. The van der Waals surface area contributed by atoms with Gasteiger partial charge in [0.25, 0.3) is 0 Å². The predicted molar refractivity (Wildman–Crippen MR) is 167 cm³/mol. The number of anilines is 2. The number of amides is 2. The fraction of sp³-hybridized carbons (Fsp3) is 0.353. The molecule has 1 aliphatic rings. The van der Waals surface area contributed by atoms with Crippen LogP contribution < -0.4 is 19.9 Å². The molecule has 8 nitrogen and oxygen atoms in total. The number of nitrogens with zero attached hydrogens (tertiary/aromatic N) is 4. The molecule has 2 amide bonds. The van der Waals surface area contributed by atoms with E-state index in [1.54, 1.807) is 36.9 Å². The van der Waals surface area contributed by atoms with Crippen molar-refractivity contribution in [3.05, 3.63) is 90.4 Å². The van der Waals surface area contributed by atoms with Gasteiger partial charge < -0.3 is 19.9 Å². The molecule has 8 heteroatoms.